The van der Waals surface area contributed by atoms with Crippen molar-refractivity contribution in [2.45, 2.75) is 6.92 Å². The number of carbonyl (C=O) groups is 1. The first kappa shape index (κ1) is 21.2. The molecule has 0 saturated heterocycles. The summed E-state index contributed by atoms with van der Waals surface area (Å²) in [5, 5.41) is 6.22. The Hall–Kier alpha value is -2.81. The third kappa shape index (κ3) is 5.92. The van der Waals surface area contributed by atoms with Gasteiger partial charge in [0, 0.05) is 25.7 Å². The topological polar surface area (TPSA) is 77.2 Å². The van der Waals surface area contributed by atoms with Gasteiger partial charge in [0.1, 0.15) is 0 Å². The minimum atomic E-state index is -0.0962. The van der Waals surface area contributed by atoms with Gasteiger partial charge >= 0.3 is 5.95 Å². The second-order valence-corrected chi connectivity index (χ2v) is 6.27. The highest BCUT2D eigenvalue weighted by molar-refractivity contribution is 5.90. The van der Waals surface area contributed by atoms with Gasteiger partial charge in [-0.15, -0.1) is 0 Å². The predicted molar refractivity (Wildman–Crippen MR) is 102 cm³/mol. The molecule has 8 nitrogen and oxygen atoms in total. The standard InChI is InChI=1S/C17H27N7O.FH/c1-13(25)19-14-6-7-15(18-8-9-22(2)3)16(12-14)20-21-17-23(4)10-11-24(17)5;/h6-7,10-12,18,20H,8-9H2,1-5H3,(H,19,25);1H. The molecule has 144 valence electrons. The number of benzene rings is 1. The highest BCUT2D eigenvalue weighted by Gasteiger charge is 2.12. The van der Waals surface area contributed by atoms with Crippen molar-refractivity contribution in [1.29, 1.82) is 0 Å². The lowest BCUT2D eigenvalue weighted by molar-refractivity contribution is -0.656. The smallest absolute Gasteiger partial charge is 0.378 e. The number of nitrogens with zero attached hydrogens (tertiary/aromatic N) is 3. The Bertz CT molecular complexity index is 710. The number of nitrogens with one attached hydrogen (secondary N) is 4. The molecule has 9 heteroatoms. The van der Waals surface area contributed by atoms with Gasteiger partial charge in [0.05, 0.1) is 37.9 Å². The average molecular weight is 365 g/mol. The fourth-order valence-corrected chi connectivity index (χ4v) is 2.39. The molecule has 1 amide bonds. The molecular weight excluding hydrogens is 337 g/mol. The minimum absolute atomic E-state index is 0. The number of hydrogen-bond donors (Lipinski definition) is 4. The van der Waals surface area contributed by atoms with E-state index in [1.165, 1.54) is 6.92 Å². The van der Waals surface area contributed by atoms with Crippen molar-refractivity contribution < 1.29 is 14.1 Å². The Balaban J connectivity index is 0.00000338. The molecule has 0 aliphatic carbocycles. The summed E-state index contributed by atoms with van der Waals surface area (Å²) < 4.78 is 3.95. The Morgan fingerprint density at radius 3 is 2.54 bits per heavy atom. The van der Waals surface area contributed by atoms with E-state index in [9.17, 15) is 4.79 Å². The zero-order chi connectivity index (χ0) is 18.4. The van der Waals surface area contributed by atoms with Crippen LogP contribution in [0.2, 0.25) is 0 Å². The Kier molecular flexibility index (Phi) is 7.85. The van der Waals surface area contributed by atoms with Crippen LogP contribution >= 0.6 is 0 Å². The van der Waals surface area contributed by atoms with Crippen LogP contribution in [-0.4, -0.2) is 42.6 Å². The highest BCUT2D eigenvalue weighted by Crippen LogP contribution is 2.26. The van der Waals surface area contributed by atoms with E-state index in [1.54, 1.807) is 0 Å². The monoisotopic (exact) mass is 365 g/mol. The van der Waals surface area contributed by atoms with Crippen LogP contribution in [0.4, 0.5) is 23.0 Å². The van der Waals surface area contributed by atoms with Gasteiger partial charge in [0.25, 0.3) is 0 Å². The lowest BCUT2D eigenvalue weighted by Crippen LogP contribution is -3.00. The predicted octanol–water partition coefficient (Wildman–Crippen LogP) is -1.78. The summed E-state index contributed by atoms with van der Waals surface area (Å²) in [6.07, 6.45) is 3.93. The molecule has 0 saturated carbocycles. The molecule has 0 unspecified atom stereocenters. The van der Waals surface area contributed by atoms with Gasteiger partial charge in [-0.1, -0.05) is 0 Å². The maximum atomic E-state index is 11.3. The normalized spacial score (nSPS) is 10.2. The molecule has 0 fully saturated rings. The minimum Gasteiger partial charge on any atom is -1.00 e. The number of aromatic nitrogens is 2. The Labute approximate surface area is 153 Å². The van der Waals surface area contributed by atoms with Crippen LogP contribution in [0.15, 0.2) is 30.6 Å². The van der Waals surface area contributed by atoms with Crippen LogP contribution in [0.3, 0.4) is 0 Å². The molecule has 4 N–H and O–H groups in total. The highest BCUT2D eigenvalue weighted by atomic mass is 19.0. The van der Waals surface area contributed by atoms with Crippen molar-refractivity contribution >= 4 is 28.9 Å². The van der Waals surface area contributed by atoms with Crippen molar-refractivity contribution in [3.8, 4) is 0 Å². The molecule has 0 aliphatic rings. The van der Waals surface area contributed by atoms with E-state index >= 15 is 0 Å². The quantitative estimate of drug-likeness (QED) is 0.329. The van der Waals surface area contributed by atoms with Crippen molar-refractivity contribution in [3.05, 3.63) is 30.6 Å². The van der Waals surface area contributed by atoms with Gasteiger partial charge in [-0.3, -0.25) is 4.79 Å². The van der Waals surface area contributed by atoms with Gasteiger partial charge in [0.15, 0.2) is 0 Å². The summed E-state index contributed by atoms with van der Waals surface area (Å²) in [7, 11) is 8.01. The summed E-state index contributed by atoms with van der Waals surface area (Å²) >= 11 is 0. The van der Waals surface area contributed by atoms with Crippen molar-refractivity contribution in [1.82, 2.24) is 9.47 Å². The first-order valence-electron chi connectivity index (χ1n) is 8.20. The molecule has 0 spiro atoms. The molecule has 0 atom stereocenters. The van der Waals surface area contributed by atoms with Gasteiger partial charge in [-0.05, 0) is 32.3 Å². The Morgan fingerprint density at radius 2 is 1.96 bits per heavy atom. The van der Waals surface area contributed by atoms with Crippen LogP contribution in [0.1, 0.15) is 6.92 Å². The summed E-state index contributed by atoms with van der Waals surface area (Å²) in [5.74, 6) is 0.810. The first-order valence-corrected chi connectivity index (χ1v) is 8.20. The molecule has 26 heavy (non-hydrogen) atoms. The summed E-state index contributed by atoms with van der Waals surface area (Å²) in [6, 6.07) is 5.73. The lowest BCUT2D eigenvalue weighted by atomic mass is 10.2. The SMILES string of the molecule is CC(=O)Nc1ccc(NCCN(C)C)c(NNc2n(C)cc[n+]2C)c1.[F-]. The number of halogens is 1. The molecule has 0 radical (unpaired) electrons. The van der Waals surface area contributed by atoms with Crippen molar-refractivity contribution in [2.24, 2.45) is 14.1 Å². The van der Waals surface area contributed by atoms with Gasteiger partial charge in [0.2, 0.25) is 5.91 Å². The fraction of sp³-hybridized carbons (Fsp3) is 0.412. The summed E-state index contributed by atoms with van der Waals surface area (Å²) in [6.45, 7) is 3.24. The summed E-state index contributed by atoms with van der Waals surface area (Å²) in [4.78, 5) is 13.4. The number of imidazole rings is 1. The molecule has 2 aromatic rings. The van der Waals surface area contributed by atoms with Crippen LogP contribution in [0.5, 0.6) is 0 Å². The molecule has 2 rings (SSSR count). The van der Waals surface area contributed by atoms with Gasteiger partial charge in [-0.25, -0.2) is 14.6 Å². The van der Waals surface area contributed by atoms with Crippen LogP contribution in [0, 0.1) is 0 Å². The van der Waals surface area contributed by atoms with Crippen molar-refractivity contribution in [2.75, 3.05) is 48.7 Å². The number of likely N-dealkylation sites (N-methyl/N-ethyl adjacent to an activating group) is 1. The fourth-order valence-electron chi connectivity index (χ4n) is 2.39. The number of aryl methyl sites for hydroxylation is 2. The van der Waals surface area contributed by atoms with E-state index < -0.39 is 0 Å². The second-order valence-electron chi connectivity index (χ2n) is 6.27. The number of amides is 1. The maximum absolute atomic E-state index is 11.3. The number of anilines is 4. The third-order valence-corrected chi connectivity index (χ3v) is 3.71. The van der Waals surface area contributed by atoms with E-state index in [0.29, 0.717) is 0 Å². The molecular formula is C17H28FN7O. The van der Waals surface area contributed by atoms with E-state index in [2.05, 4.69) is 26.4 Å². The zero-order valence-electron chi connectivity index (χ0n) is 15.9. The molecule has 1 aromatic carbocycles. The lowest BCUT2D eigenvalue weighted by Gasteiger charge is -2.16. The van der Waals surface area contributed by atoms with Gasteiger partial charge < -0.3 is 20.2 Å². The van der Waals surface area contributed by atoms with Crippen LogP contribution in [0.25, 0.3) is 0 Å². The molecule has 1 heterocycles. The first-order chi connectivity index (χ1) is 11.9. The number of carbonyl (C=O) groups excluding carboxylic acids is 1. The number of hydrogen-bond acceptors (Lipinski definition) is 5. The zero-order valence-corrected chi connectivity index (χ0v) is 15.9. The molecule has 0 aliphatic heterocycles. The van der Waals surface area contributed by atoms with Crippen LogP contribution < -0.4 is 30.8 Å². The van der Waals surface area contributed by atoms with Crippen molar-refractivity contribution in [3.63, 3.8) is 0 Å². The summed E-state index contributed by atoms with van der Waals surface area (Å²) in [5.41, 5.74) is 8.99. The number of hydrazine groups is 1. The maximum Gasteiger partial charge on any atom is 0.378 e. The largest absolute Gasteiger partial charge is 1.00 e. The van der Waals surface area contributed by atoms with E-state index in [0.717, 1.165) is 36.1 Å². The average Bonchev–Trinajstić information content (AvgIpc) is 2.85. The Morgan fingerprint density at radius 1 is 1.23 bits per heavy atom. The second kappa shape index (κ2) is 9.62. The molecule has 1 aromatic heterocycles. The molecule has 0 bridgehead atoms. The van der Waals surface area contributed by atoms with Crippen LogP contribution in [-0.2, 0) is 18.9 Å². The van der Waals surface area contributed by atoms with E-state index in [-0.39, 0.29) is 10.6 Å². The van der Waals surface area contributed by atoms with Gasteiger partial charge in [-0.2, -0.15) is 5.43 Å². The third-order valence-electron chi connectivity index (χ3n) is 3.71. The van der Waals surface area contributed by atoms with E-state index in [1.807, 2.05) is 67.9 Å². The van der Waals surface area contributed by atoms with E-state index in [4.69, 9.17) is 0 Å². The number of rotatable bonds is 8.